The van der Waals surface area contributed by atoms with Crippen molar-refractivity contribution in [3.8, 4) is 0 Å². The van der Waals surface area contributed by atoms with Gasteiger partial charge in [-0.15, -0.1) is 0 Å². The molecule has 0 aromatic heterocycles. The van der Waals surface area contributed by atoms with Gasteiger partial charge in [-0.1, -0.05) is 19.8 Å². The normalized spacial score (nSPS) is 23.2. The summed E-state index contributed by atoms with van der Waals surface area (Å²) in [6.45, 7) is 4.41. The lowest BCUT2D eigenvalue weighted by Gasteiger charge is -2.23. The van der Waals surface area contributed by atoms with Crippen LogP contribution in [-0.4, -0.2) is 25.9 Å². The predicted octanol–water partition coefficient (Wildman–Crippen LogP) is 1.52. The zero-order chi connectivity index (χ0) is 7.94. The molecule has 0 radical (unpaired) electrons. The van der Waals surface area contributed by atoms with Crippen LogP contribution in [-0.2, 0) is 14.5 Å². The van der Waals surface area contributed by atoms with Gasteiger partial charge < -0.3 is 4.74 Å². The molecule has 0 aromatic carbocycles. The number of ether oxygens (including phenoxy) is 1. The summed E-state index contributed by atoms with van der Waals surface area (Å²) in [6, 6.07) is 0. The molecule has 0 aromatic rings. The number of unbranched alkanes of at least 4 members (excludes halogenated alkanes) is 2. The molecule has 11 heavy (non-hydrogen) atoms. The SMILES string of the molecule is CCCCCOCC1COO1. The van der Waals surface area contributed by atoms with Crippen LogP contribution in [0.4, 0.5) is 0 Å². The molecule has 0 aliphatic carbocycles. The summed E-state index contributed by atoms with van der Waals surface area (Å²) < 4.78 is 5.33. The van der Waals surface area contributed by atoms with Crippen LogP contribution in [0.15, 0.2) is 0 Å². The molecule has 1 fully saturated rings. The molecule has 1 saturated heterocycles. The Bertz CT molecular complexity index is 91.3. The van der Waals surface area contributed by atoms with Crippen molar-refractivity contribution in [1.82, 2.24) is 0 Å². The lowest BCUT2D eigenvalue weighted by atomic mass is 10.3. The van der Waals surface area contributed by atoms with Crippen molar-refractivity contribution < 1.29 is 14.5 Å². The second kappa shape index (κ2) is 5.52. The second-order valence-corrected chi connectivity index (χ2v) is 2.78. The monoisotopic (exact) mass is 160 g/mol. The summed E-state index contributed by atoms with van der Waals surface area (Å²) in [5.74, 6) is 0. The highest BCUT2D eigenvalue weighted by Gasteiger charge is 2.19. The van der Waals surface area contributed by atoms with Gasteiger partial charge >= 0.3 is 0 Å². The molecule has 3 nitrogen and oxygen atoms in total. The van der Waals surface area contributed by atoms with E-state index >= 15 is 0 Å². The highest BCUT2D eigenvalue weighted by Crippen LogP contribution is 2.06. The van der Waals surface area contributed by atoms with E-state index in [9.17, 15) is 0 Å². The van der Waals surface area contributed by atoms with Gasteiger partial charge in [0.05, 0.1) is 6.61 Å². The fourth-order valence-electron chi connectivity index (χ4n) is 0.909. The number of hydrogen-bond donors (Lipinski definition) is 0. The van der Waals surface area contributed by atoms with Crippen molar-refractivity contribution in [3.63, 3.8) is 0 Å². The Morgan fingerprint density at radius 3 is 2.82 bits per heavy atom. The van der Waals surface area contributed by atoms with Crippen molar-refractivity contribution in [2.45, 2.75) is 32.3 Å². The van der Waals surface area contributed by atoms with Gasteiger partial charge in [0, 0.05) is 6.61 Å². The van der Waals surface area contributed by atoms with Gasteiger partial charge in [0.2, 0.25) is 0 Å². The van der Waals surface area contributed by atoms with Crippen LogP contribution < -0.4 is 0 Å². The van der Waals surface area contributed by atoms with Crippen LogP contribution in [0.1, 0.15) is 26.2 Å². The maximum Gasteiger partial charge on any atom is 0.143 e. The van der Waals surface area contributed by atoms with Crippen molar-refractivity contribution in [3.05, 3.63) is 0 Å². The maximum atomic E-state index is 5.33. The Labute approximate surface area is 67.6 Å². The molecule has 0 N–H and O–H groups in total. The van der Waals surface area contributed by atoms with Crippen LogP contribution in [0.5, 0.6) is 0 Å². The van der Waals surface area contributed by atoms with Gasteiger partial charge in [0.15, 0.2) is 0 Å². The minimum Gasteiger partial charge on any atom is -0.379 e. The van der Waals surface area contributed by atoms with E-state index in [0.717, 1.165) is 13.0 Å². The Balaban J connectivity index is 1.73. The van der Waals surface area contributed by atoms with Gasteiger partial charge in [-0.25, -0.2) is 9.78 Å². The first kappa shape index (κ1) is 8.97. The molecule has 1 heterocycles. The summed E-state index contributed by atoms with van der Waals surface area (Å²) in [5.41, 5.74) is 0. The molecule has 0 amide bonds. The molecule has 3 heteroatoms. The summed E-state index contributed by atoms with van der Waals surface area (Å²) in [7, 11) is 0. The molecule has 1 aliphatic heterocycles. The van der Waals surface area contributed by atoms with Crippen LogP contribution in [0.3, 0.4) is 0 Å². The van der Waals surface area contributed by atoms with Crippen molar-refractivity contribution >= 4 is 0 Å². The summed E-state index contributed by atoms with van der Waals surface area (Å²) >= 11 is 0. The average Bonchev–Trinajstić information content (AvgIpc) is 1.93. The first-order valence-electron chi connectivity index (χ1n) is 4.29. The minimum absolute atomic E-state index is 0.191. The van der Waals surface area contributed by atoms with Crippen molar-refractivity contribution in [2.75, 3.05) is 19.8 Å². The minimum atomic E-state index is 0.191. The molecular formula is C8H16O3. The van der Waals surface area contributed by atoms with Gasteiger partial charge in [0.1, 0.15) is 12.7 Å². The highest BCUT2D eigenvalue weighted by atomic mass is 17.2. The number of hydrogen-bond acceptors (Lipinski definition) is 3. The third-order valence-corrected chi connectivity index (χ3v) is 1.65. The Morgan fingerprint density at radius 2 is 2.27 bits per heavy atom. The van der Waals surface area contributed by atoms with E-state index < -0.39 is 0 Å². The lowest BCUT2D eigenvalue weighted by molar-refractivity contribution is -0.429. The van der Waals surface area contributed by atoms with Crippen LogP contribution in [0, 0.1) is 0 Å². The molecule has 1 unspecified atom stereocenters. The van der Waals surface area contributed by atoms with E-state index in [1.54, 1.807) is 0 Å². The van der Waals surface area contributed by atoms with Crippen LogP contribution in [0.25, 0.3) is 0 Å². The maximum absolute atomic E-state index is 5.33. The highest BCUT2D eigenvalue weighted by molar-refractivity contribution is 4.56. The Kier molecular flexibility index (Phi) is 4.50. The molecule has 0 spiro atoms. The standard InChI is InChI=1S/C8H16O3/c1-2-3-4-5-9-6-8-7-10-11-8/h8H,2-7H2,1H3. The van der Waals surface area contributed by atoms with Crippen LogP contribution >= 0.6 is 0 Å². The summed E-state index contributed by atoms with van der Waals surface area (Å²) in [5, 5.41) is 0. The van der Waals surface area contributed by atoms with Crippen LogP contribution in [0.2, 0.25) is 0 Å². The largest absolute Gasteiger partial charge is 0.379 e. The third-order valence-electron chi connectivity index (χ3n) is 1.65. The topological polar surface area (TPSA) is 27.7 Å². The quantitative estimate of drug-likeness (QED) is 0.435. The first-order valence-corrected chi connectivity index (χ1v) is 4.29. The van der Waals surface area contributed by atoms with Gasteiger partial charge in [-0.3, -0.25) is 0 Å². The fourth-order valence-corrected chi connectivity index (χ4v) is 0.909. The van der Waals surface area contributed by atoms with Gasteiger partial charge in [-0.05, 0) is 6.42 Å². The number of rotatable bonds is 6. The van der Waals surface area contributed by atoms with E-state index in [1.807, 2.05) is 0 Å². The van der Waals surface area contributed by atoms with E-state index in [0.29, 0.717) is 13.2 Å². The van der Waals surface area contributed by atoms with Gasteiger partial charge in [-0.2, -0.15) is 0 Å². The molecule has 0 bridgehead atoms. The first-order chi connectivity index (χ1) is 5.43. The third kappa shape index (κ3) is 3.70. The molecule has 1 atom stereocenters. The molecule has 0 saturated carbocycles. The van der Waals surface area contributed by atoms with E-state index in [4.69, 9.17) is 9.62 Å². The van der Waals surface area contributed by atoms with Crippen molar-refractivity contribution in [2.24, 2.45) is 0 Å². The fraction of sp³-hybridized carbons (Fsp3) is 1.00. The van der Waals surface area contributed by atoms with Gasteiger partial charge in [0.25, 0.3) is 0 Å². The molecule has 66 valence electrons. The molecular weight excluding hydrogens is 144 g/mol. The lowest BCUT2D eigenvalue weighted by Crippen LogP contribution is -2.35. The average molecular weight is 160 g/mol. The zero-order valence-corrected chi connectivity index (χ0v) is 7.04. The zero-order valence-electron chi connectivity index (χ0n) is 7.04. The summed E-state index contributed by atoms with van der Waals surface area (Å²) in [6.07, 6.45) is 3.84. The molecule has 1 rings (SSSR count). The Hall–Kier alpha value is -0.120. The van der Waals surface area contributed by atoms with E-state index in [1.165, 1.54) is 12.8 Å². The van der Waals surface area contributed by atoms with Crippen molar-refractivity contribution in [1.29, 1.82) is 0 Å². The Morgan fingerprint density at radius 1 is 1.45 bits per heavy atom. The van der Waals surface area contributed by atoms with E-state index in [-0.39, 0.29) is 6.10 Å². The smallest absolute Gasteiger partial charge is 0.143 e. The predicted molar refractivity (Wildman–Crippen MR) is 41.2 cm³/mol. The second-order valence-electron chi connectivity index (χ2n) is 2.78. The van der Waals surface area contributed by atoms with E-state index in [2.05, 4.69) is 11.8 Å². The molecule has 1 aliphatic rings. The summed E-state index contributed by atoms with van der Waals surface area (Å²) in [4.78, 5) is 9.25.